The molecule has 0 radical (unpaired) electrons. The third-order valence-electron chi connectivity index (χ3n) is 3.65. The smallest absolute Gasteiger partial charge is 0.456 e. The van der Waals surface area contributed by atoms with Crippen LogP contribution in [0.15, 0.2) is 58.4 Å². The van der Waals surface area contributed by atoms with Crippen LogP contribution in [0.4, 0.5) is 45.2 Å². The predicted molar refractivity (Wildman–Crippen MR) is 93.0 cm³/mol. The molecule has 2 aromatic carbocycles. The summed E-state index contributed by atoms with van der Waals surface area (Å²) in [6, 6.07) is 4.15. The third kappa shape index (κ3) is 6.22. The summed E-state index contributed by atoms with van der Waals surface area (Å²) in [5, 5.41) is 15.9. The number of hydrogen-bond acceptors (Lipinski definition) is 4. The van der Waals surface area contributed by atoms with Crippen LogP contribution in [0.2, 0.25) is 5.02 Å². The molecule has 1 N–H and O–H groups in total. The summed E-state index contributed by atoms with van der Waals surface area (Å²) in [5.41, 5.74) is -6.94. The lowest BCUT2D eigenvalue weighted by atomic mass is 10.1. The second kappa shape index (κ2) is 8.81. The van der Waals surface area contributed by atoms with Crippen molar-refractivity contribution in [3.8, 4) is 0 Å². The number of aliphatic hydroxyl groups is 1. The average Bonchev–Trinajstić information content (AvgIpc) is 2.66. The lowest BCUT2D eigenvalue weighted by molar-refractivity contribution is -0.166. The van der Waals surface area contributed by atoms with Crippen LogP contribution < -0.4 is 0 Å². The Hall–Kier alpha value is -3.09. The number of benzene rings is 2. The van der Waals surface area contributed by atoms with Crippen molar-refractivity contribution in [2.24, 2.45) is 10.2 Å². The van der Waals surface area contributed by atoms with E-state index in [-0.39, 0.29) is 23.2 Å². The van der Waals surface area contributed by atoms with Crippen molar-refractivity contribution in [1.82, 2.24) is 0 Å². The first kappa shape index (κ1) is 25.2. The maximum Gasteiger partial charge on any atom is 0.456 e. The van der Waals surface area contributed by atoms with Gasteiger partial charge in [-0.3, -0.25) is 4.79 Å². The Labute approximate surface area is 177 Å². The van der Waals surface area contributed by atoms with Crippen molar-refractivity contribution < 1.29 is 49.4 Å². The topological polar surface area (TPSA) is 62.0 Å². The second-order valence-corrected chi connectivity index (χ2v) is 6.43. The minimum absolute atomic E-state index is 0.0771. The zero-order chi connectivity index (χ0) is 24.5. The van der Waals surface area contributed by atoms with Crippen LogP contribution in [0.25, 0.3) is 5.76 Å². The summed E-state index contributed by atoms with van der Waals surface area (Å²) < 4.78 is 116. The third-order valence-corrected chi connectivity index (χ3v) is 3.90. The summed E-state index contributed by atoms with van der Waals surface area (Å²) in [6.07, 6.45) is -16.1. The lowest BCUT2D eigenvalue weighted by Crippen LogP contribution is -2.24. The van der Waals surface area contributed by atoms with Crippen molar-refractivity contribution in [3.63, 3.8) is 0 Å². The molecule has 0 aliphatic rings. The number of hydrogen-bond donors (Lipinski definition) is 1. The quantitative estimate of drug-likeness (QED) is 0.208. The van der Waals surface area contributed by atoms with Crippen LogP contribution in [-0.2, 0) is 17.1 Å². The van der Waals surface area contributed by atoms with E-state index in [0.717, 1.165) is 24.3 Å². The minimum atomic E-state index is -5.60. The van der Waals surface area contributed by atoms with E-state index in [9.17, 15) is 49.4 Å². The van der Waals surface area contributed by atoms with Crippen LogP contribution in [0, 0.1) is 0 Å². The number of carbonyl (C=O) groups is 1. The fourth-order valence-corrected chi connectivity index (χ4v) is 2.31. The Morgan fingerprint density at radius 1 is 0.812 bits per heavy atom. The molecule has 32 heavy (non-hydrogen) atoms. The molecule has 0 atom stereocenters. The molecule has 172 valence electrons. The van der Waals surface area contributed by atoms with E-state index in [1.165, 1.54) is 0 Å². The summed E-state index contributed by atoms with van der Waals surface area (Å²) >= 11 is 5.61. The van der Waals surface area contributed by atoms with E-state index in [1.807, 2.05) is 0 Å². The van der Waals surface area contributed by atoms with Gasteiger partial charge in [-0.05, 0) is 42.5 Å². The minimum Gasteiger partial charge on any atom is -0.505 e. The van der Waals surface area contributed by atoms with Gasteiger partial charge in [-0.15, -0.1) is 5.11 Å². The van der Waals surface area contributed by atoms with Gasteiger partial charge in [-0.1, -0.05) is 11.6 Å². The fourth-order valence-electron chi connectivity index (χ4n) is 2.18. The lowest BCUT2D eigenvalue weighted by Gasteiger charge is -2.12. The first-order chi connectivity index (χ1) is 14.5. The summed E-state index contributed by atoms with van der Waals surface area (Å²) in [6.45, 7) is 0. The van der Waals surface area contributed by atoms with Crippen LogP contribution in [0.5, 0.6) is 0 Å². The van der Waals surface area contributed by atoms with E-state index in [4.69, 9.17) is 11.6 Å². The van der Waals surface area contributed by atoms with Gasteiger partial charge in [0.2, 0.25) is 0 Å². The Morgan fingerprint density at radius 3 is 1.69 bits per heavy atom. The van der Waals surface area contributed by atoms with Gasteiger partial charge in [0.1, 0.15) is 0 Å². The Bertz CT molecular complexity index is 1040. The molecule has 0 aromatic heterocycles. The van der Waals surface area contributed by atoms with E-state index in [2.05, 4.69) is 10.2 Å². The molecule has 0 saturated carbocycles. The van der Waals surface area contributed by atoms with Crippen molar-refractivity contribution in [2.45, 2.75) is 18.5 Å². The molecule has 0 aliphatic heterocycles. The Balaban J connectivity index is 2.66. The summed E-state index contributed by atoms with van der Waals surface area (Å²) in [5.74, 6) is -4.12. The fraction of sp³-hybridized carbons (Fsp3) is 0.167. The molecule has 0 bridgehead atoms. The van der Waals surface area contributed by atoms with E-state index < -0.39 is 58.1 Å². The van der Waals surface area contributed by atoms with Gasteiger partial charge in [-0.2, -0.15) is 44.6 Å². The SMILES string of the molecule is O=C(/C(N=Nc1cc(C(F)(F)F)cc(C(F)(F)F)c1)=C(\O)c1ccc(Cl)cc1)C(F)(F)F. The number of Topliss-reactive ketones (excluding diaryl/α,β-unsaturated/α-hetero) is 1. The van der Waals surface area contributed by atoms with Gasteiger partial charge in [-0.25, -0.2) is 0 Å². The summed E-state index contributed by atoms with van der Waals surface area (Å²) in [7, 11) is 0. The van der Waals surface area contributed by atoms with E-state index in [0.29, 0.717) is 0 Å². The van der Waals surface area contributed by atoms with Crippen LogP contribution >= 0.6 is 11.6 Å². The van der Waals surface area contributed by atoms with Crippen LogP contribution in [0.3, 0.4) is 0 Å². The molecule has 0 aliphatic carbocycles. The number of allylic oxidation sites excluding steroid dienone is 1. The Morgan fingerprint density at radius 2 is 1.28 bits per heavy atom. The number of halogens is 10. The average molecular weight is 491 g/mol. The normalized spacial score (nSPS) is 13.9. The van der Waals surface area contributed by atoms with E-state index >= 15 is 0 Å². The molecule has 0 fully saturated rings. The molecule has 0 heterocycles. The summed E-state index contributed by atoms with van der Waals surface area (Å²) in [4.78, 5) is 11.6. The standard InChI is InChI=1S/C18H8ClF9N2O2/c19-11-3-1-8(2-4-11)14(31)13(15(32)18(26,27)28)30-29-12-6-9(16(20,21)22)5-10(7-12)17(23,24)25/h1-7,31H/b14-13+,30-29?. The van der Waals surface area contributed by atoms with Gasteiger partial charge in [0.25, 0.3) is 5.78 Å². The number of carbonyl (C=O) groups excluding carboxylic acids is 1. The highest BCUT2D eigenvalue weighted by Gasteiger charge is 2.43. The number of azo groups is 1. The molecular formula is C18H8ClF9N2O2. The molecule has 14 heteroatoms. The van der Waals surface area contributed by atoms with Crippen LogP contribution in [0.1, 0.15) is 16.7 Å². The van der Waals surface area contributed by atoms with Crippen molar-refractivity contribution in [3.05, 3.63) is 69.9 Å². The molecule has 2 rings (SSSR count). The van der Waals surface area contributed by atoms with Crippen LogP contribution in [-0.4, -0.2) is 17.1 Å². The second-order valence-electron chi connectivity index (χ2n) is 6.00. The number of ketones is 1. The predicted octanol–water partition coefficient (Wildman–Crippen LogP) is 7.52. The maximum atomic E-state index is 12.9. The molecule has 0 amide bonds. The molecular weight excluding hydrogens is 483 g/mol. The first-order valence-corrected chi connectivity index (χ1v) is 8.40. The highest BCUT2D eigenvalue weighted by molar-refractivity contribution is 6.30. The highest BCUT2D eigenvalue weighted by Crippen LogP contribution is 2.38. The number of aliphatic hydroxyl groups excluding tert-OH is 1. The first-order valence-electron chi connectivity index (χ1n) is 8.02. The van der Waals surface area contributed by atoms with Crippen molar-refractivity contribution in [1.29, 1.82) is 0 Å². The molecule has 0 spiro atoms. The van der Waals surface area contributed by atoms with Crippen molar-refractivity contribution >= 4 is 28.8 Å². The zero-order valence-corrected chi connectivity index (χ0v) is 15.8. The van der Waals surface area contributed by atoms with Crippen molar-refractivity contribution in [2.75, 3.05) is 0 Å². The molecule has 0 unspecified atom stereocenters. The molecule has 4 nitrogen and oxygen atoms in total. The Kier molecular flexibility index (Phi) is 6.93. The van der Waals surface area contributed by atoms with Gasteiger partial charge in [0, 0.05) is 10.6 Å². The molecule has 0 saturated heterocycles. The van der Waals surface area contributed by atoms with E-state index in [1.54, 1.807) is 0 Å². The number of alkyl halides is 9. The van der Waals surface area contributed by atoms with Gasteiger partial charge in [0.15, 0.2) is 11.5 Å². The highest BCUT2D eigenvalue weighted by atomic mass is 35.5. The van der Waals surface area contributed by atoms with Gasteiger partial charge >= 0.3 is 18.5 Å². The monoisotopic (exact) mass is 490 g/mol. The number of nitrogens with zero attached hydrogens (tertiary/aromatic N) is 2. The zero-order valence-electron chi connectivity index (χ0n) is 15.1. The maximum absolute atomic E-state index is 12.9. The van der Waals surface area contributed by atoms with Gasteiger partial charge in [0.05, 0.1) is 16.8 Å². The van der Waals surface area contributed by atoms with Gasteiger partial charge < -0.3 is 5.11 Å². The molecule has 2 aromatic rings. The number of rotatable bonds is 4. The largest absolute Gasteiger partial charge is 0.505 e.